The Kier molecular flexibility index (Phi) is 5.57. The highest BCUT2D eigenvalue weighted by Gasteiger charge is 2.10. The summed E-state index contributed by atoms with van der Waals surface area (Å²) in [5, 5.41) is 3.03. The average Bonchev–Trinajstić information content (AvgIpc) is 2.83. The number of nitrogens with zero attached hydrogens (tertiary/aromatic N) is 1. The minimum Gasteiger partial charge on any atom is -0.486 e. The van der Waals surface area contributed by atoms with Crippen molar-refractivity contribution in [2.24, 2.45) is 5.73 Å². The summed E-state index contributed by atoms with van der Waals surface area (Å²) in [6, 6.07) is 6.22. The number of thiazole rings is 1. The lowest BCUT2D eigenvalue weighted by Gasteiger charge is -2.14. The van der Waals surface area contributed by atoms with E-state index in [1.54, 1.807) is 11.3 Å². The van der Waals surface area contributed by atoms with Crippen molar-refractivity contribution in [2.75, 3.05) is 0 Å². The normalized spacial score (nSPS) is 12.4. The molecule has 0 saturated carbocycles. The van der Waals surface area contributed by atoms with Crippen molar-refractivity contribution in [3.8, 4) is 5.75 Å². The third kappa shape index (κ3) is 4.30. The Morgan fingerprint density at radius 3 is 2.90 bits per heavy atom. The van der Waals surface area contributed by atoms with E-state index in [9.17, 15) is 0 Å². The van der Waals surface area contributed by atoms with Crippen LogP contribution in [0.1, 0.15) is 29.6 Å². The molecule has 1 atom stereocenters. The van der Waals surface area contributed by atoms with Crippen LogP contribution in [0.3, 0.4) is 0 Å². The van der Waals surface area contributed by atoms with Crippen LogP contribution in [0.4, 0.5) is 0 Å². The van der Waals surface area contributed by atoms with Crippen molar-refractivity contribution in [2.45, 2.75) is 39.3 Å². The Labute approximate surface area is 132 Å². The van der Waals surface area contributed by atoms with Gasteiger partial charge >= 0.3 is 0 Å². The predicted octanol–water partition coefficient (Wildman–Crippen LogP) is 4.07. The molecule has 3 nitrogen and oxygen atoms in total. The van der Waals surface area contributed by atoms with Gasteiger partial charge in [-0.05, 0) is 43.5 Å². The summed E-state index contributed by atoms with van der Waals surface area (Å²) in [6.07, 6.45) is 1.78. The number of rotatable bonds is 6. The van der Waals surface area contributed by atoms with Gasteiger partial charge in [0.25, 0.3) is 0 Å². The number of hydrogen-bond acceptors (Lipinski definition) is 4. The van der Waals surface area contributed by atoms with Crippen LogP contribution in [0.15, 0.2) is 28.1 Å². The summed E-state index contributed by atoms with van der Waals surface area (Å²) < 4.78 is 6.96. The van der Waals surface area contributed by atoms with Crippen molar-refractivity contribution in [3.63, 3.8) is 0 Å². The average molecular weight is 355 g/mol. The van der Waals surface area contributed by atoms with E-state index in [0.29, 0.717) is 6.61 Å². The van der Waals surface area contributed by atoms with Gasteiger partial charge in [0.15, 0.2) is 0 Å². The van der Waals surface area contributed by atoms with E-state index in [0.717, 1.165) is 39.3 Å². The molecule has 0 amide bonds. The highest BCUT2D eigenvalue weighted by atomic mass is 79.9. The Morgan fingerprint density at radius 2 is 2.25 bits per heavy atom. The van der Waals surface area contributed by atoms with Gasteiger partial charge in [-0.25, -0.2) is 4.98 Å². The van der Waals surface area contributed by atoms with Gasteiger partial charge in [0.05, 0.1) is 0 Å². The lowest BCUT2D eigenvalue weighted by molar-refractivity contribution is 0.301. The Bertz CT molecular complexity index is 571. The van der Waals surface area contributed by atoms with Gasteiger partial charge in [0.2, 0.25) is 0 Å². The first kappa shape index (κ1) is 15.5. The summed E-state index contributed by atoms with van der Waals surface area (Å²) in [4.78, 5) is 4.41. The van der Waals surface area contributed by atoms with Crippen molar-refractivity contribution in [1.29, 1.82) is 0 Å². The minimum atomic E-state index is 0.161. The van der Waals surface area contributed by atoms with E-state index in [1.807, 2.05) is 24.4 Å². The fraction of sp³-hybridized carbons (Fsp3) is 0.400. The van der Waals surface area contributed by atoms with Crippen LogP contribution < -0.4 is 10.5 Å². The number of benzene rings is 1. The molecular formula is C15H19BrN2OS. The van der Waals surface area contributed by atoms with Gasteiger partial charge in [-0.2, -0.15) is 0 Å². The quantitative estimate of drug-likeness (QED) is 0.850. The molecule has 2 aromatic rings. The van der Waals surface area contributed by atoms with Crippen LogP contribution in [0.25, 0.3) is 0 Å². The van der Waals surface area contributed by atoms with E-state index in [2.05, 4.69) is 33.9 Å². The number of nitrogens with two attached hydrogens (primary N) is 1. The Hall–Kier alpha value is -0.910. The molecule has 0 radical (unpaired) electrons. The highest BCUT2D eigenvalue weighted by molar-refractivity contribution is 9.10. The maximum atomic E-state index is 6.05. The molecule has 0 aliphatic rings. The maximum Gasteiger partial charge on any atom is 0.140 e. The van der Waals surface area contributed by atoms with Crippen LogP contribution >= 0.6 is 27.3 Å². The smallest absolute Gasteiger partial charge is 0.140 e. The van der Waals surface area contributed by atoms with E-state index in [-0.39, 0.29) is 6.04 Å². The van der Waals surface area contributed by atoms with Gasteiger partial charge in [0, 0.05) is 21.6 Å². The zero-order valence-electron chi connectivity index (χ0n) is 11.7. The lowest BCUT2D eigenvalue weighted by Crippen LogP contribution is -2.21. The zero-order valence-corrected chi connectivity index (χ0v) is 14.1. The summed E-state index contributed by atoms with van der Waals surface area (Å²) in [5.74, 6) is 0.893. The molecule has 1 aromatic heterocycles. The molecule has 0 aliphatic carbocycles. The molecule has 2 rings (SSSR count). The first-order valence-electron chi connectivity index (χ1n) is 6.66. The van der Waals surface area contributed by atoms with Crippen LogP contribution in [-0.4, -0.2) is 11.0 Å². The van der Waals surface area contributed by atoms with Crippen LogP contribution in [0.5, 0.6) is 5.75 Å². The lowest BCUT2D eigenvalue weighted by atomic mass is 10.0. The molecule has 0 saturated heterocycles. The molecule has 20 heavy (non-hydrogen) atoms. The van der Waals surface area contributed by atoms with E-state index in [1.165, 1.54) is 0 Å². The Morgan fingerprint density at radius 1 is 1.45 bits per heavy atom. The topological polar surface area (TPSA) is 48.1 Å². The molecule has 0 fully saturated rings. The SMILES string of the molecule is CCC(N)Cc1cc(Br)ccc1OCc1nc(C)cs1. The number of aromatic nitrogens is 1. The van der Waals surface area contributed by atoms with E-state index < -0.39 is 0 Å². The van der Waals surface area contributed by atoms with Gasteiger partial charge < -0.3 is 10.5 Å². The summed E-state index contributed by atoms with van der Waals surface area (Å²) >= 11 is 5.13. The summed E-state index contributed by atoms with van der Waals surface area (Å²) in [7, 11) is 0. The fourth-order valence-corrected chi connectivity index (χ4v) is 2.98. The molecule has 2 N–H and O–H groups in total. The molecule has 0 aliphatic heterocycles. The van der Waals surface area contributed by atoms with Crippen molar-refractivity contribution < 1.29 is 4.74 Å². The molecule has 108 valence electrons. The van der Waals surface area contributed by atoms with Crippen LogP contribution in [0.2, 0.25) is 0 Å². The zero-order chi connectivity index (χ0) is 14.5. The summed E-state index contributed by atoms with van der Waals surface area (Å²) in [5.41, 5.74) is 8.23. The molecule has 5 heteroatoms. The standard InChI is InChI=1S/C15H19BrN2OS/c1-3-13(17)7-11-6-12(16)4-5-14(11)19-8-15-18-10(2)9-20-15/h4-6,9,13H,3,7-8,17H2,1-2H3. The molecule has 1 unspecified atom stereocenters. The van der Waals surface area contributed by atoms with Crippen LogP contribution in [-0.2, 0) is 13.0 Å². The second-order valence-corrected chi connectivity index (χ2v) is 6.65. The summed E-state index contributed by atoms with van der Waals surface area (Å²) in [6.45, 7) is 4.60. The number of hydrogen-bond donors (Lipinski definition) is 1. The molecule has 1 heterocycles. The number of ether oxygens (including phenoxy) is 1. The first-order valence-corrected chi connectivity index (χ1v) is 8.33. The van der Waals surface area contributed by atoms with Gasteiger partial charge in [-0.1, -0.05) is 22.9 Å². The van der Waals surface area contributed by atoms with Gasteiger partial charge in [0.1, 0.15) is 17.4 Å². The third-order valence-corrected chi connectivity index (χ3v) is 4.48. The third-order valence-electron chi connectivity index (χ3n) is 3.05. The molecule has 0 spiro atoms. The fourth-order valence-electron chi connectivity index (χ4n) is 1.88. The van der Waals surface area contributed by atoms with Crippen molar-refractivity contribution in [1.82, 2.24) is 4.98 Å². The largest absolute Gasteiger partial charge is 0.486 e. The molecular weight excluding hydrogens is 336 g/mol. The Balaban J connectivity index is 2.09. The second kappa shape index (κ2) is 7.20. The minimum absolute atomic E-state index is 0.161. The molecule has 1 aromatic carbocycles. The van der Waals surface area contributed by atoms with E-state index in [4.69, 9.17) is 10.5 Å². The monoisotopic (exact) mass is 354 g/mol. The van der Waals surface area contributed by atoms with Crippen LogP contribution in [0, 0.1) is 6.92 Å². The first-order chi connectivity index (χ1) is 9.58. The second-order valence-electron chi connectivity index (χ2n) is 4.80. The number of aryl methyl sites for hydroxylation is 1. The van der Waals surface area contributed by atoms with Gasteiger partial charge in [-0.15, -0.1) is 11.3 Å². The highest BCUT2D eigenvalue weighted by Crippen LogP contribution is 2.26. The van der Waals surface area contributed by atoms with Crippen molar-refractivity contribution >= 4 is 27.3 Å². The van der Waals surface area contributed by atoms with Crippen molar-refractivity contribution in [3.05, 3.63) is 44.3 Å². The van der Waals surface area contributed by atoms with Gasteiger partial charge in [-0.3, -0.25) is 0 Å². The number of halogens is 1. The maximum absolute atomic E-state index is 6.05. The van der Waals surface area contributed by atoms with E-state index >= 15 is 0 Å². The molecule has 0 bridgehead atoms. The predicted molar refractivity (Wildman–Crippen MR) is 87.3 cm³/mol.